The number of piperazine rings is 1. The molecule has 2 heterocycles. The molecule has 0 bridgehead atoms. The van der Waals surface area contributed by atoms with E-state index < -0.39 is 5.54 Å². The first-order chi connectivity index (χ1) is 9.46. The molecular formula is C15H24N4O. The summed E-state index contributed by atoms with van der Waals surface area (Å²) in [5.41, 5.74) is -0.552. The fraction of sp³-hybridized carbons (Fsp3) is 0.600. The van der Waals surface area contributed by atoms with Crippen LogP contribution in [0.2, 0.25) is 0 Å². The van der Waals surface area contributed by atoms with Gasteiger partial charge in [-0.15, -0.1) is 0 Å². The molecule has 1 aromatic rings. The van der Waals surface area contributed by atoms with Crippen molar-refractivity contribution >= 4 is 17.5 Å². The van der Waals surface area contributed by atoms with Gasteiger partial charge < -0.3 is 15.1 Å². The molecule has 110 valence electrons. The molecule has 1 aliphatic heterocycles. The van der Waals surface area contributed by atoms with Gasteiger partial charge in [-0.1, -0.05) is 13.0 Å². The first-order valence-electron chi connectivity index (χ1n) is 7.21. The summed E-state index contributed by atoms with van der Waals surface area (Å²) in [5, 5.41) is 3.29. The molecule has 0 spiro atoms. The molecule has 2 rings (SSSR count). The highest BCUT2D eigenvalue weighted by atomic mass is 16.2. The summed E-state index contributed by atoms with van der Waals surface area (Å²) in [6.45, 7) is 8.48. The maximum atomic E-state index is 12.3. The SMILES string of the molecule is CCCNc1cccc(N2CCN(C)C(=O)C2(C)C)n1. The van der Waals surface area contributed by atoms with Crippen LogP contribution >= 0.6 is 0 Å². The summed E-state index contributed by atoms with van der Waals surface area (Å²) >= 11 is 0. The third-order valence-corrected chi connectivity index (χ3v) is 3.77. The Hall–Kier alpha value is -1.78. The van der Waals surface area contributed by atoms with Gasteiger partial charge in [0.05, 0.1) is 0 Å². The zero-order chi connectivity index (χ0) is 14.8. The molecule has 0 radical (unpaired) electrons. The standard InChI is InChI=1S/C15H24N4O/c1-5-9-16-12-7-6-8-13(17-12)19-11-10-18(4)14(20)15(19,2)3/h6-8H,5,9-11H2,1-4H3,(H,16,17). The van der Waals surface area contributed by atoms with Crippen LogP contribution in [0.1, 0.15) is 27.2 Å². The van der Waals surface area contributed by atoms with Crippen LogP contribution in [0.4, 0.5) is 11.6 Å². The number of pyridine rings is 1. The molecule has 1 aliphatic rings. The molecule has 5 nitrogen and oxygen atoms in total. The molecule has 0 unspecified atom stereocenters. The number of aromatic nitrogens is 1. The lowest BCUT2D eigenvalue weighted by Crippen LogP contribution is -2.62. The van der Waals surface area contributed by atoms with Crippen molar-refractivity contribution in [3.8, 4) is 0 Å². The molecular weight excluding hydrogens is 252 g/mol. The van der Waals surface area contributed by atoms with Crippen LogP contribution in [-0.4, -0.2) is 48.0 Å². The number of nitrogens with one attached hydrogen (secondary N) is 1. The summed E-state index contributed by atoms with van der Waals surface area (Å²) in [6.07, 6.45) is 1.06. The Morgan fingerprint density at radius 2 is 2.10 bits per heavy atom. The second kappa shape index (κ2) is 5.69. The summed E-state index contributed by atoms with van der Waals surface area (Å²) in [4.78, 5) is 20.8. The smallest absolute Gasteiger partial charge is 0.247 e. The predicted octanol–water partition coefficient (Wildman–Crippen LogP) is 1.96. The van der Waals surface area contributed by atoms with Crippen LogP contribution in [0, 0.1) is 0 Å². The van der Waals surface area contributed by atoms with Crippen LogP contribution in [-0.2, 0) is 4.79 Å². The average Bonchev–Trinajstić information content (AvgIpc) is 2.43. The van der Waals surface area contributed by atoms with E-state index in [1.807, 2.05) is 39.1 Å². The van der Waals surface area contributed by atoms with E-state index in [4.69, 9.17) is 0 Å². The predicted molar refractivity (Wildman–Crippen MR) is 82.1 cm³/mol. The van der Waals surface area contributed by atoms with Gasteiger partial charge >= 0.3 is 0 Å². The zero-order valence-corrected chi connectivity index (χ0v) is 12.8. The van der Waals surface area contributed by atoms with Crippen LogP contribution in [0.25, 0.3) is 0 Å². The van der Waals surface area contributed by atoms with Crippen molar-refractivity contribution < 1.29 is 4.79 Å². The van der Waals surface area contributed by atoms with Crippen LogP contribution in [0.5, 0.6) is 0 Å². The maximum Gasteiger partial charge on any atom is 0.247 e. The van der Waals surface area contributed by atoms with E-state index in [0.717, 1.165) is 37.7 Å². The minimum absolute atomic E-state index is 0.137. The van der Waals surface area contributed by atoms with Crippen molar-refractivity contribution in [2.75, 3.05) is 36.9 Å². The van der Waals surface area contributed by atoms with Gasteiger partial charge in [-0.2, -0.15) is 0 Å². The molecule has 0 aliphatic carbocycles. The van der Waals surface area contributed by atoms with Gasteiger partial charge in [0.2, 0.25) is 5.91 Å². The van der Waals surface area contributed by atoms with Gasteiger partial charge in [0.25, 0.3) is 0 Å². The minimum atomic E-state index is -0.552. The molecule has 0 saturated carbocycles. The minimum Gasteiger partial charge on any atom is -0.370 e. The van der Waals surface area contributed by atoms with E-state index in [-0.39, 0.29) is 5.91 Å². The van der Waals surface area contributed by atoms with Crippen molar-refractivity contribution in [3.05, 3.63) is 18.2 Å². The van der Waals surface area contributed by atoms with Gasteiger partial charge in [-0.05, 0) is 32.4 Å². The number of carbonyl (C=O) groups excluding carboxylic acids is 1. The summed E-state index contributed by atoms with van der Waals surface area (Å²) in [5.74, 6) is 1.86. The van der Waals surface area contributed by atoms with E-state index in [1.54, 1.807) is 4.90 Å². The van der Waals surface area contributed by atoms with Crippen molar-refractivity contribution in [2.24, 2.45) is 0 Å². The van der Waals surface area contributed by atoms with Crippen LogP contribution < -0.4 is 10.2 Å². The Morgan fingerprint density at radius 3 is 2.80 bits per heavy atom. The van der Waals surface area contributed by atoms with Crippen molar-refractivity contribution in [1.82, 2.24) is 9.88 Å². The van der Waals surface area contributed by atoms with E-state index in [1.165, 1.54) is 0 Å². The molecule has 0 aromatic carbocycles. The topological polar surface area (TPSA) is 48.5 Å². The first kappa shape index (κ1) is 14.6. The van der Waals surface area contributed by atoms with Gasteiger partial charge in [-0.3, -0.25) is 4.79 Å². The third kappa shape index (κ3) is 2.71. The summed E-state index contributed by atoms with van der Waals surface area (Å²) < 4.78 is 0. The fourth-order valence-corrected chi connectivity index (χ4v) is 2.54. The molecule has 1 saturated heterocycles. The number of likely N-dealkylation sites (N-methyl/N-ethyl adjacent to an activating group) is 1. The number of amides is 1. The fourth-order valence-electron chi connectivity index (χ4n) is 2.54. The molecule has 0 atom stereocenters. The van der Waals surface area contributed by atoms with Crippen molar-refractivity contribution in [2.45, 2.75) is 32.7 Å². The van der Waals surface area contributed by atoms with E-state index in [9.17, 15) is 4.79 Å². The van der Waals surface area contributed by atoms with E-state index >= 15 is 0 Å². The summed E-state index contributed by atoms with van der Waals surface area (Å²) in [6, 6.07) is 5.92. The number of hydrogen-bond donors (Lipinski definition) is 1. The lowest BCUT2D eigenvalue weighted by molar-refractivity contribution is -0.136. The molecule has 1 amide bonds. The Labute approximate surface area is 121 Å². The van der Waals surface area contributed by atoms with Crippen LogP contribution in [0.15, 0.2) is 18.2 Å². The monoisotopic (exact) mass is 276 g/mol. The highest BCUT2D eigenvalue weighted by Gasteiger charge is 2.41. The largest absolute Gasteiger partial charge is 0.370 e. The number of carbonyl (C=O) groups is 1. The second-order valence-electron chi connectivity index (χ2n) is 5.75. The number of anilines is 2. The lowest BCUT2D eigenvalue weighted by atomic mass is 9.98. The Bertz CT molecular complexity index is 487. The van der Waals surface area contributed by atoms with Gasteiger partial charge in [0.15, 0.2) is 0 Å². The van der Waals surface area contributed by atoms with Crippen LogP contribution in [0.3, 0.4) is 0 Å². The average molecular weight is 276 g/mol. The molecule has 1 aromatic heterocycles. The normalized spacial score (nSPS) is 18.3. The lowest BCUT2D eigenvalue weighted by Gasteiger charge is -2.45. The van der Waals surface area contributed by atoms with Gasteiger partial charge in [-0.25, -0.2) is 4.98 Å². The highest BCUT2D eigenvalue weighted by Crippen LogP contribution is 2.27. The maximum absolute atomic E-state index is 12.3. The zero-order valence-electron chi connectivity index (χ0n) is 12.8. The van der Waals surface area contributed by atoms with E-state index in [2.05, 4.69) is 22.1 Å². The van der Waals surface area contributed by atoms with Crippen molar-refractivity contribution in [3.63, 3.8) is 0 Å². The van der Waals surface area contributed by atoms with Crippen molar-refractivity contribution in [1.29, 1.82) is 0 Å². The van der Waals surface area contributed by atoms with Gasteiger partial charge in [0.1, 0.15) is 17.2 Å². The number of rotatable bonds is 4. The Morgan fingerprint density at radius 1 is 1.35 bits per heavy atom. The Kier molecular flexibility index (Phi) is 4.16. The quantitative estimate of drug-likeness (QED) is 0.913. The van der Waals surface area contributed by atoms with E-state index in [0.29, 0.717) is 0 Å². The summed E-state index contributed by atoms with van der Waals surface area (Å²) in [7, 11) is 1.86. The van der Waals surface area contributed by atoms with Gasteiger partial charge in [0, 0.05) is 26.7 Å². The molecule has 1 N–H and O–H groups in total. The second-order valence-corrected chi connectivity index (χ2v) is 5.75. The molecule has 20 heavy (non-hydrogen) atoms. The molecule has 1 fully saturated rings. The first-order valence-corrected chi connectivity index (χ1v) is 7.21. The Balaban J connectivity index is 2.24. The number of nitrogens with zero attached hydrogens (tertiary/aromatic N) is 3. The highest BCUT2D eigenvalue weighted by molar-refractivity contribution is 5.90. The number of hydrogen-bond acceptors (Lipinski definition) is 4. The molecule has 5 heteroatoms. The third-order valence-electron chi connectivity index (χ3n) is 3.77.